The van der Waals surface area contributed by atoms with Gasteiger partial charge in [-0.15, -0.1) is 0 Å². The number of likely N-dealkylation sites (tertiary alicyclic amines) is 1. The number of hydrogen-bond donors (Lipinski definition) is 2. The Hall–Kier alpha value is -3.13. The van der Waals surface area contributed by atoms with Gasteiger partial charge in [0.25, 0.3) is 5.91 Å². The Morgan fingerprint density at radius 3 is 2.70 bits per heavy atom. The van der Waals surface area contributed by atoms with Crippen LogP contribution in [0.3, 0.4) is 0 Å². The SMILES string of the molecule is CCC(=O)[C@H](NC(=O)c1cccc(C2CCCN(C(=O)CNCc3ccncn3)C2)c1)C1CCCCC1.[HH].[HH]. The van der Waals surface area contributed by atoms with Crippen molar-refractivity contribution in [2.75, 3.05) is 19.6 Å². The number of carbonyl (C=O) groups excluding carboxylic acids is 3. The molecule has 1 aromatic carbocycles. The molecule has 4 rings (SSSR count). The first kappa shape index (κ1) is 26.9. The minimum absolute atomic E-state index is 0. The number of piperidine rings is 1. The fourth-order valence-electron chi connectivity index (χ4n) is 5.61. The van der Waals surface area contributed by atoms with Crippen molar-refractivity contribution in [1.29, 1.82) is 0 Å². The topological polar surface area (TPSA) is 104 Å². The Balaban J connectivity index is 0.00000267. The van der Waals surface area contributed by atoms with Crippen molar-refractivity contribution < 1.29 is 17.2 Å². The highest BCUT2D eigenvalue weighted by molar-refractivity contribution is 5.98. The summed E-state index contributed by atoms with van der Waals surface area (Å²) in [5.41, 5.74) is 2.49. The molecule has 8 nitrogen and oxygen atoms in total. The Kier molecular flexibility index (Phi) is 9.77. The molecule has 2 aliphatic rings. The zero-order valence-corrected chi connectivity index (χ0v) is 21.8. The van der Waals surface area contributed by atoms with Gasteiger partial charge in [-0.3, -0.25) is 14.4 Å². The predicted octanol–water partition coefficient (Wildman–Crippen LogP) is 4.12. The van der Waals surface area contributed by atoms with Gasteiger partial charge in [-0.25, -0.2) is 9.97 Å². The highest BCUT2D eigenvalue weighted by Crippen LogP contribution is 2.29. The third-order valence-corrected chi connectivity index (χ3v) is 7.72. The maximum absolute atomic E-state index is 13.2. The molecule has 2 aromatic rings. The summed E-state index contributed by atoms with van der Waals surface area (Å²) in [6.45, 7) is 4.02. The van der Waals surface area contributed by atoms with E-state index < -0.39 is 6.04 Å². The van der Waals surface area contributed by atoms with Gasteiger partial charge in [0, 0.05) is 46.6 Å². The first-order chi connectivity index (χ1) is 18.0. The average molecular weight is 510 g/mol. The normalized spacial score (nSPS) is 19.3. The van der Waals surface area contributed by atoms with E-state index in [9.17, 15) is 14.4 Å². The molecule has 2 fully saturated rings. The Morgan fingerprint density at radius 1 is 1.11 bits per heavy atom. The van der Waals surface area contributed by atoms with E-state index in [4.69, 9.17) is 0 Å². The Bertz CT molecular complexity index is 1070. The molecule has 2 heterocycles. The smallest absolute Gasteiger partial charge is 0.251 e. The van der Waals surface area contributed by atoms with Crippen molar-refractivity contribution in [1.82, 2.24) is 25.5 Å². The van der Waals surface area contributed by atoms with Gasteiger partial charge in [-0.2, -0.15) is 0 Å². The fourth-order valence-corrected chi connectivity index (χ4v) is 5.61. The second kappa shape index (κ2) is 13.4. The van der Waals surface area contributed by atoms with E-state index in [0.29, 0.717) is 25.1 Å². The van der Waals surface area contributed by atoms with Crippen LogP contribution in [-0.2, 0) is 16.1 Å². The Labute approximate surface area is 222 Å². The van der Waals surface area contributed by atoms with E-state index in [-0.39, 0.29) is 38.8 Å². The van der Waals surface area contributed by atoms with Crippen LogP contribution in [0.4, 0.5) is 0 Å². The lowest BCUT2D eigenvalue weighted by molar-refractivity contribution is -0.131. The summed E-state index contributed by atoms with van der Waals surface area (Å²) in [5, 5.41) is 6.25. The monoisotopic (exact) mass is 509 g/mol. The van der Waals surface area contributed by atoms with Gasteiger partial charge >= 0.3 is 0 Å². The van der Waals surface area contributed by atoms with Crippen molar-refractivity contribution in [3.63, 3.8) is 0 Å². The first-order valence-corrected chi connectivity index (χ1v) is 13.7. The molecule has 2 amide bonds. The molecule has 1 aliphatic carbocycles. The zero-order chi connectivity index (χ0) is 26.0. The number of rotatable bonds is 10. The van der Waals surface area contributed by atoms with Gasteiger partial charge in [0.05, 0.1) is 18.3 Å². The maximum Gasteiger partial charge on any atom is 0.251 e. The molecule has 8 heteroatoms. The molecule has 37 heavy (non-hydrogen) atoms. The van der Waals surface area contributed by atoms with Crippen LogP contribution in [0.2, 0.25) is 0 Å². The van der Waals surface area contributed by atoms with Crippen LogP contribution in [0.1, 0.15) is 88.7 Å². The van der Waals surface area contributed by atoms with Crippen LogP contribution >= 0.6 is 0 Å². The molecule has 1 saturated heterocycles. The van der Waals surface area contributed by atoms with Crippen molar-refractivity contribution in [2.45, 2.75) is 76.8 Å². The molecule has 0 spiro atoms. The van der Waals surface area contributed by atoms with Crippen molar-refractivity contribution >= 4 is 17.6 Å². The summed E-state index contributed by atoms with van der Waals surface area (Å²) in [6.07, 6.45) is 11.0. The minimum atomic E-state index is -0.404. The van der Waals surface area contributed by atoms with Crippen LogP contribution in [0.5, 0.6) is 0 Å². The van der Waals surface area contributed by atoms with E-state index in [2.05, 4.69) is 20.6 Å². The summed E-state index contributed by atoms with van der Waals surface area (Å²) in [5.74, 6) is 0.414. The van der Waals surface area contributed by atoms with Gasteiger partial charge in [0.15, 0.2) is 5.78 Å². The van der Waals surface area contributed by atoms with Crippen LogP contribution in [-0.4, -0.2) is 58.1 Å². The van der Waals surface area contributed by atoms with Crippen molar-refractivity contribution in [3.8, 4) is 0 Å². The van der Waals surface area contributed by atoms with Gasteiger partial charge in [0.1, 0.15) is 6.33 Å². The molecule has 202 valence electrons. The maximum atomic E-state index is 13.2. The lowest BCUT2D eigenvalue weighted by Gasteiger charge is -2.33. The minimum Gasteiger partial charge on any atom is -0.342 e. The van der Waals surface area contributed by atoms with E-state index in [1.54, 1.807) is 6.20 Å². The summed E-state index contributed by atoms with van der Waals surface area (Å²) < 4.78 is 0. The van der Waals surface area contributed by atoms with Crippen LogP contribution in [0, 0.1) is 5.92 Å². The molecule has 2 N–H and O–H groups in total. The summed E-state index contributed by atoms with van der Waals surface area (Å²) in [4.78, 5) is 48.7. The molecular formula is C29H43N5O3. The van der Waals surface area contributed by atoms with E-state index in [1.165, 1.54) is 12.7 Å². The zero-order valence-electron chi connectivity index (χ0n) is 21.8. The third-order valence-electron chi connectivity index (χ3n) is 7.72. The molecule has 0 bridgehead atoms. The number of hydrogen-bond acceptors (Lipinski definition) is 6. The number of nitrogens with one attached hydrogen (secondary N) is 2. The Morgan fingerprint density at radius 2 is 1.95 bits per heavy atom. The quantitative estimate of drug-likeness (QED) is 0.499. The van der Waals surface area contributed by atoms with Gasteiger partial charge in [-0.1, -0.05) is 38.3 Å². The summed E-state index contributed by atoms with van der Waals surface area (Å²) in [6, 6.07) is 9.13. The van der Waals surface area contributed by atoms with Crippen LogP contribution < -0.4 is 10.6 Å². The largest absolute Gasteiger partial charge is 0.342 e. The number of aromatic nitrogens is 2. The highest BCUT2D eigenvalue weighted by atomic mass is 16.2. The molecule has 1 unspecified atom stereocenters. The second-order valence-corrected chi connectivity index (χ2v) is 10.3. The van der Waals surface area contributed by atoms with Gasteiger partial charge < -0.3 is 15.5 Å². The molecule has 1 saturated carbocycles. The number of carbonyl (C=O) groups is 3. The fraction of sp³-hybridized carbons (Fsp3) is 0.552. The number of benzene rings is 1. The van der Waals surface area contributed by atoms with Gasteiger partial charge in [0.2, 0.25) is 5.91 Å². The number of Topliss-reactive ketones (excluding diaryl/α,β-unsaturated/α-hetero) is 1. The van der Waals surface area contributed by atoms with Crippen molar-refractivity contribution in [2.24, 2.45) is 5.92 Å². The number of amides is 2. The third kappa shape index (κ3) is 7.44. The average Bonchev–Trinajstić information content (AvgIpc) is 2.96. The van der Waals surface area contributed by atoms with Crippen LogP contribution in [0.15, 0.2) is 42.9 Å². The summed E-state index contributed by atoms with van der Waals surface area (Å²) >= 11 is 0. The molecule has 0 radical (unpaired) electrons. The summed E-state index contributed by atoms with van der Waals surface area (Å²) in [7, 11) is 0. The van der Waals surface area contributed by atoms with Crippen molar-refractivity contribution in [3.05, 3.63) is 59.7 Å². The van der Waals surface area contributed by atoms with Gasteiger partial charge in [-0.05, 0) is 55.4 Å². The molecule has 1 aromatic heterocycles. The van der Waals surface area contributed by atoms with E-state index >= 15 is 0 Å². The number of nitrogens with zero attached hydrogens (tertiary/aromatic N) is 3. The van der Waals surface area contributed by atoms with E-state index in [0.717, 1.165) is 56.3 Å². The first-order valence-electron chi connectivity index (χ1n) is 13.7. The van der Waals surface area contributed by atoms with E-state index in [1.807, 2.05) is 42.2 Å². The lowest BCUT2D eigenvalue weighted by Crippen LogP contribution is -2.46. The molecular weight excluding hydrogens is 466 g/mol. The highest BCUT2D eigenvalue weighted by Gasteiger charge is 2.30. The predicted molar refractivity (Wildman–Crippen MR) is 146 cm³/mol. The number of ketones is 1. The molecule has 2 atom stereocenters. The van der Waals surface area contributed by atoms with Crippen LogP contribution in [0.25, 0.3) is 0 Å². The molecule has 1 aliphatic heterocycles. The second-order valence-electron chi connectivity index (χ2n) is 10.3. The standard InChI is InChI=1S/C29H39N5O3.2H2/c1-2-26(35)28(21-8-4-3-5-9-21)33-29(37)23-11-6-10-22(16-23)24-12-7-15-34(19-24)27(36)18-31-17-25-13-14-30-20-32-25;;/h6,10-11,13-14,16,20-21,24,28,31H,2-5,7-9,12,15,17-19H2,1H3,(H,33,37);2*1H/t24?,28-;;/m1../s1. The lowest BCUT2D eigenvalue weighted by atomic mass is 9.81.